The fourth-order valence-electron chi connectivity index (χ4n) is 2.55. The van der Waals surface area contributed by atoms with E-state index in [4.69, 9.17) is 0 Å². The van der Waals surface area contributed by atoms with Crippen LogP contribution < -0.4 is 0 Å². The van der Waals surface area contributed by atoms with E-state index in [-0.39, 0.29) is 17.8 Å². The molecule has 0 saturated carbocycles. The van der Waals surface area contributed by atoms with E-state index in [9.17, 15) is 9.18 Å². The number of hydrogen-bond donors (Lipinski definition) is 0. The summed E-state index contributed by atoms with van der Waals surface area (Å²) in [7, 11) is 1.73. The van der Waals surface area contributed by atoms with E-state index in [1.165, 1.54) is 24.5 Å². The van der Waals surface area contributed by atoms with Crippen LogP contribution in [0.5, 0.6) is 0 Å². The first-order chi connectivity index (χ1) is 12.6. The molecule has 3 aromatic rings. The Morgan fingerprint density at radius 1 is 1.19 bits per heavy atom. The fraction of sp³-hybridized carbons (Fsp3) is 0.150. The lowest BCUT2D eigenvalue weighted by Gasteiger charge is -2.24. The lowest BCUT2D eigenvalue weighted by Crippen LogP contribution is -2.28. The average Bonchev–Trinajstić information content (AvgIpc) is 3.21. The molecule has 1 aromatic heterocycles. The lowest BCUT2D eigenvalue weighted by atomic mass is 10.1. The Morgan fingerprint density at radius 3 is 2.58 bits per heavy atom. The van der Waals surface area contributed by atoms with E-state index < -0.39 is 0 Å². The van der Waals surface area contributed by atoms with Crippen molar-refractivity contribution in [2.24, 2.45) is 0 Å². The van der Waals surface area contributed by atoms with E-state index in [1.807, 2.05) is 31.2 Å². The Balaban J connectivity index is 1.69. The first-order valence-electron chi connectivity index (χ1n) is 8.20. The van der Waals surface area contributed by atoms with Gasteiger partial charge in [0.15, 0.2) is 0 Å². The number of aromatic nitrogens is 3. The monoisotopic (exact) mass is 350 g/mol. The Kier molecular flexibility index (Phi) is 5.22. The van der Waals surface area contributed by atoms with Gasteiger partial charge in [0, 0.05) is 18.7 Å². The van der Waals surface area contributed by atoms with Gasteiger partial charge in [-0.1, -0.05) is 30.3 Å². The average molecular weight is 350 g/mol. The number of likely N-dealkylation sites (N-methyl/N-ethyl adjacent to an activating group) is 1. The molecule has 0 N–H and O–H groups in total. The van der Waals surface area contributed by atoms with Crippen LogP contribution in [0.15, 0.2) is 67.3 Å². The van der Waals surface area contributed by atoms with Gasteiger partial charge < -0.3 is 4.90 Å². The van der Waals surface area contributed by atoms with Gasteiger partial charge in [-0.25, -0.2) is 14.1 Å². The van der Waals surface area contributed by atoms with Crippen molar-refractivity contribution in [1.29, 1.82) is 0 Å². The van der Waals surface area contributed by atoms with Crippen LogP contribution in [0.2, 0.25) is 0 Å². The highest BCUT2D eigenvalue weighted by molar-refractivity contribution is 5.91. The second-order valence-electron chi connectivity index (χ2n) is 5.91. The SMILES string of the molecule is C[C@H](c1ccc(-n2cncn2)cc1)N(C)C(=O)/C=C/c1ccccc1F. The predicted molar refractivity (Wildman–Crippen MR) is 98.0 cm³/mol. The van der Waals surface area contributed by atoms with Crippen molar-refractivity contribution in [2.45, 2.75) is 13.0 Å². The zero-order valence-electron chi connectivity index (χ0n) is 14.6. The third-order valence-electron chi connectivity index (χ3n) is 4.30. The molecule has 1 atom stereocenters. The number of benzene rings is 2. The van der Waals surface area contributed by atoms with Gasteiger partial charge in [-0.15, -0.1) is 0 Å². The van der Waals surface area contributed by atoms with Crippen LogP contribution in [0.4, 0.5) is 4.39 Å². The largest absolute Gasteiger partial charge is 0.335 e. The van der Waals surface area contributed by atoms with Gasteiger partial charge in [-0.2, -0.15) is 5.10 Å². The van der Waals surface area contributed by atoms with Gasteiger partial charge in [0.1, 0.15) is 18.5 Å². The van der Waals surface area contributed by atoms with Crippen molar-refractivity contribution >= 4 is 12.0 Å². The van der Waals surface area contributed by atoms with Crippen LogP contribution in [0, 0.1) is 5.82 Å². The smallest absolute Gasteiger partial charge is 0.246 e. The summed E-state index contributed by atoms with van der Waals surface area (Å²) in [6.07, 6.45) is 5.99. The van der Waals surface area contributed by atoms with Gasteiger partial charge in [-0.05, 0) is 36.8 Å². The third-order valence-corrected chi connectivity index (χ3v) is 4.30. The Hall–Kier alpha value is -3.28. The quantitative estimate of drug-likeness (QED) is 0.660. The van der Waals surface area contributed by atoms with Crippen LogP contribution in [0.25, 0.3) is 11.8 Å². The number of carbonyl (C=O) groups is 1. The number of amides is 1. The van der Waals surface area contributed by atoms with E-state index >= 15 is 0 Å². The molecule has 3 rings (SSSR count). The van der Waals surface area contributed by atoms with Gasteiger partial charge in [0.2, 0.25) is 5.91 Å². The molecule has 26 heavy (non-hydrogen) atoms. The van der Waals surface area contributed by atoms with Gasteiger partial charge in [0.05, 0.1) is 11.7 Å². The van der Waals surface area contributed by atoms with Gasteiger partial charge >= 0.3 is 0 Å². The van der Waals surface area contributed by atoms with Crippen molar-refractivity contribution < 1.29 is 9.18 Å². The predicted octanol–water partition coefficient (Wildman–Crippen LogP) is 3.64. The molecule has 0 aliphatic rings. The van der Waals surface area contributed by atoms with Crippen molar-refractivity contribution in [1.82, 2.24) is 19.7 Å². The van der Waals surface area contributed by atoms with E-state index in [2.05, 4.69) is 10.1 Å². The number of halogens is 1. The molecule has 0 aliphatic carbocycles. The molecule has 0 fully saturated rings. The molecular weight excluding hydrogens is 331 g/mol. The highest BCUT2D eigenvalue weighted by Crippen LogP contribution is 2.21. The van der Waals surface area contributed by atoms with Gasteiger partial charge in [-0.3, -0.25) is 4.79 Å². The molecule has 0 aliphatic heterocycles. The summed E-state index contributed by atoms with van der Waals surface area (Å²) in [4.78, 5) is 17.9. The zero-order valence-corrected chi connectivity index (χ0v) is 14.6. The molecule has 5 nitrogen and oxygen atoms in total. The van der Waals surface area contributed by atoms with Crippen molar-refractivity contribution in [3.05, 3.63) is 84.2 Å². The van der Waals surface area contributed by atoms with Crippen LogP contribution in [0.3, 0.4) is 0 Å². The lowest BCUT2D eigenvalue weighted by molar-refractivity contribution is -0.126. The van der Waals surface area contributed by atoms with Crippen molar-refractivity contribution in [3.8, 4) is 5.69 Å². The summed E-state index contributed by atoms with van der Waals surface area (Å²) in [5.74, 6) is -0.544. The number of hydrogen-bond acceptors (Lipinski definition) is 3. The van der Waals surface area contributed by atoms with Crippen LogP contribution >= 0.6 is 0 Å². The molecule has 0 radical (unpaired) electrons. The second-order valence-corrected chi connectivity index (χ2v) is 5.91. The van der Waals surface area contributed by atoms with E-state index in [0.29, 0.717) is 5.56 Å². The van der Waals surface area contributed by atoms with Crippen LogP contribution in [-0.2, 0) is 4.79 Å². The first-order valence-corrected chi connectivity index (χ1v) is 8.20. The first kappa shape index (κ1) is 17.5. The standard InChI is InChI=1S/C20H19FN4O/c1-15(16-7-10-18(11-8-16)25-14-22-13-23-25)24(2)20(26)12-9-17-5-3-4-6-19(17)21/h3-15H,1-2H3/b12-9+/t15-/m1/s1. The second kappa shape index (κ2) is 7.74. The number of rotatable bonds is 5. The molecule has 1 amide bonds. The summed E-state index contributed by atoms with van der Waals surface area (Å²) in [5, 5.41) is 4.09. The molecule has 0 saturated heterocycles. The Bertz CT molecular complexity index is 904. The molecule has 1 heterocycles. The molecule has 0 unspecified atom stereocenters. The number of carbonyl (C=O) groups excluding carboxylic acids is 1. The van der Waals surface area contributed by atoms with Crippen molar-refractivity contribution in [3.63, 3.8) is 0 Å². The maximum absolute atomic E-state index is 13.6. The van der Waals surface area contributed by atoms with Gasteiger partial charge in [0.25, 0.3) is 0 Å². The maximum atomic E-state index is 13.6. The number of nitrogens with zero attached hydrogens (tertiary/aromatic N) is 4. The molecular formula is C20H19FN4O. The van der Waals surface area contributed by atoms with E-state index in [0.717, 1.165) is 11.3 Å². The minimum absolute atomic E-state index is 0.127. The molecule has 2 aromatic carbocycles. The topological polar surface area (TPSA) is 51.0 Å². The minimum atomic E-state index is -0.351. The maximum Gasteiger partial charge on any atom is 0.246 e. The highest BCUT2D eigenvalue weighted by atomic mass is 19.1. The third kappa shape index (κ3) is 3.85. The van der Waals surface area contributed by atoms with Crippen molar-refractivity contribution in [2.75, 3.05) is 7.05 Å². The summed E-state index contributed by atoms with van der Waals surface area (Å²) < 4.78 is 15.3. The Labute approximate surface area is 151 Å². The molecule has 132 valence electrons. The summed E-state index contributed by atoms with van der Waals surface area (Å²) in [6.45, 7) is 1.94. The summed E-state index contributed by atoms with van der Waals surface area (Å²) in [6, 6.07) is 14.0. The fourth-order valence-corrected chi connectivity index (χ4v) is 2.55. The molecule has 0 spiro atoms. The van der Waals surface area contributed by atoms with Crippen LogP contribution in [0.1, 0.15) is 24.1 Å². The summed E-state index contributed by atoms with van der Waals surface area (Å²) in [5.41, 5.74) is 2.27. The minimum Gasteiger partial charge on any atom is -0.335 e. The highest BCUT2D eigenvalue weighted by Gasteiger charge is 2.15. The summed E-state index contributed by atoms with van der Waals surface area (Å²) >= 11 is 0. The molecule has 6 heteroatoms. The normalized spacial score (nSPS) is 12.3. The van der Waals surface area contributed by atoms with E-state index in [1.54, 1.807) is 41.2 Å². The Morgan fingerprint density at radius 2 is 1.92 bits per heavy atom. The molecule has 0 bridgehead atoms. The van der Waals surface area contributed by atoms with Crippen LogP contribution in [-0.4, -0.2) is 32.6 Å². The zero-order chi connectivity index (χ0) is 18.5.